The molecule has 2 aromatic rings. The molecule has 0 aliphatic heterocycles. The standard InChI is InChI=1S/C16H19N3S/c1-10(15-7-5-6-14(8-15)9-17)18-11(2)16-12(3)19-13(4)20-16/h5-8,10-11,18H,1-4H3. The summed E-state index contributed by atoms with van der Waals surface area (Å²) in [7, 11) is 0. The fourth-order valence-corrected chi connectivity index (χ4v) is 3.31. The van der Waals surface area contributed by atoms with Crippen molar-refractivity contribution in [3.8, 4) is 6.07 Å². The van der Waals surface area contributed by atoms with Crippen molar-refractivity contribution in [3.05, 3.63) is 51.0 Å². The Morgan fingerprint density at radius 2 is 2.00 bits per heavy atom. The van der Waals surface area contributed by atoms with Gasteiger partial charge >= 0.3 is 0 Å². The fraction of sp³-hybridized carbons (Fsp3) is 0.375. The SMILES string of the molecule is Cc1nc(C)c(C(C)NC(C)c2cccc(C#N)c2)s1. The van der Waals surface area contributed by atoms with Crippen LogP contribution in [0.1, 0.15) is 52.6 Å². The number of hydrogen-bond acceptors (Lipinski definition) is 4. The molecule has 1 heterocycles. The second-order valence-corrected chi connectivity index (χ2v) is 6.26. The summed E-state index contributed by atoms with van der Waals surface area (Å²) in [5.41, 5.74) is 2.94. The molecule has 4 heteroatoms. The average Bonchev–Trinajstić information content (AvgIpc) is 2.77. The van der Waals surface area contributed by atoms with E-state index in [1.165, 1.54) is 4.88 Å². The Morgan fingerprint density at radius 1 is 1.25 bits per heavy atom. The largest absolute Gasteiger partial charge is 0.303 e. The minimum atomic E-state index is 0.195. The van der Waals surface area contributed by atoms with Crippen molar-refractivity contribution in [2.24, 2.45) is 0 Å². The summed E-state index contributed by atoms with van der Waals surface area (Å²) in [5.74, 6) is 0. The lowest BCUT2D eigenvalue weighted by atomic mass is 10.0. The van der Waals surface area contributed by atoms with Crippen molar-refractivity contribution < 1.29 is 0 Å². The molecular weight excluding hydrogens is 266 g/mol. The Labute approximate surface area is 124 Å². The van der Waals surface area contributed by atoms with E-state index in [-0.39, 0.29) is 12.1 Å². The Kier molecular flexibility index (Phi) is 4.53. The molecule has 0 aliphatic carbocycles. The molecule has 20 heavy (non-hydrogen) atoms. The van der Waals surface area contributed by atoms with Crippen LogP contribution >= 0.6 is 11.3 Å². The van der Waals surface area contributed by atoms with Gasteiger partial charge in [0.1, 0.15) is 0 Å². The first-order valence-electron chi connectivity index (χ1n) is 6.71. The summed E-state index contributed by atoms with van der Waals surface area (Å²) in [5, 5.41) is 13.6. The predicted molar refractivity (Wildman–Crippen MR) is 82.7 cm³/mol. The summed E-state index contributed by atoms with van der Waals surface area (Å²) in [6.07, 6.45) is 0. The first-order chi connectivity index (χ1) is 9.51. The molecule has 0 fully saturated rings. The Hall–Kier alpha value is -1.70. The number of aryl methyl sites for hydroxylation is 2. The molecule has 0 aliphatic rings. The van der Waals surface area contributed by atoms with Crippen molar-refractivity contribution in [2.75, 3.05) is 0 Å². The molecule has 3 nitrogen and oxygen atoms in total. The van der Waals surface area contributed by atoms with Crippen LogP contribution in [0.15, 0.2) is 24.3 Å². The maximum absolute atomic E-state index is 8.97. The van der Waals surface area contributed by atoms with E-state index in [9.17, 15) is 0 Å². The molecule has 0 bridgehead atoms. The van der Waals surface area contributed by atoms with Gasteiger partial charge in [-0.2, -0.15) is 5.26 Å². The van der Waals surface area contributed by atoms with Gasteiger partial charge in [-0.15, -0.1) is 11.3 Å². The van der Waals surface area contributed by atoms with E-state index in [4.69, 9.17) is 5.26 Å². The maximum atomic E-state index is 8.97. The highest BCUT2D eigenvalue weighted by atomic mass is 32.1. The maximum Gasteiger partial charge on any atom is 0.0991 e. The summed E-state index contributed by atoms with van der Waals surface area (Å²) in [4.78, 5) is 5.76. The molecule has 0 saturated carbocycles. The van der Waals surface area contributed by atoms with Crippen LogP contribution in [-0.2, 0) is 0 Å². The van der Waals surface area contributed by atoms with E-state index in [0.29, 0.717) is 5.56 Å². The van der Waals surface area contributed by atoms with Gasteiger partial charge in [0.15, 0.2) is 0 Å². The minimum Gasteiger partial charge on any atom is -0.303 e. The average molecular weight is 285 g/mol. The van der Waals surface area contributed by atoms with Gasteiger partial charge < -0.3 is 5.32 Å². The van der Waals surface area contributed by atoms with E-state index in [0.717, 1.165) is 16.3 Å². The number of rotatable bonds is 4. The molecular formula is C16H19N3S. The Balaban J connectivity index is 2.13. The fourth-order valence-electron chi connectivity index (χ4n) is 2.37. The lowest BCUT2D eigenvalue weighted by Crippen LogP contribution is -2.22. The van der Waals surface area contributed by atoms with E-state index in [2.05, 4.69) is 43.2 Å². The van der Waals surface area contributed by atoms with Crippen LogP contribution in [-0.4, -0.2) is 4.98 Å². The lowest BCUT2D eigenvalue weighted by Gasteiger charge is -2.20. The van der Waals surface area contributed by atoms with E-state index >= 15 is 0 Å². The van der Waals surface area contributed by atoms with E-state index in [1.807, 2.05) is 25.1 Å². The van der Waals surface area contributed by atoms with Crippen LogP contribution in [0, 0.1) is 25.2 Å². The molecule has 2 atom stereocenters. The van der Waals surface area contributed by atoms with Crippen LogP contribution in [0.2, 0.25) is 0 Å². The normalized spacial score (nSPS) is 13.8. The molecule has 0 amide bonds. The zero-order chi connectivity index (χ0) is 14.7. The highest BCUT2D eigenvalue weighted by molar-refractivity contribution is 7.11. The summed E-state index contributed by atoms with van der Waals surface area (Å²) >= 11 is 1.74. The molecule has 1 N–H and O–H groups in total. The first-order valence-corrected chi connectivity index (χ1v) is 7.53. The third-order valence-electron chi connectivity index (χ3n) is 3.35. The summed E-state index contributed by atoms with van der Waals surface area (Å²) < 4.78 is 0. The zero-order valence-electron chi connectivity index (χ0n) is 12.3. The molecule has 1 aromatic heterocycles. The van der Waals surface area contributed by atoms with Gasteiger partial charge in [0.05, 0.1) is 22.3 Å². The number of aromatic nitrogens is 1. The third kappa shape index (κ3) is 3.24. The summed E-state index contributed by atoms with van der Waals surface area (Å²) in [6, 6.07) is 10.4. The topological polar surface area (TPSA) is 48.7 Å². The Bertz CT molecular complexity index is 639. The van der Waals surface area contributed by atoms with Crippen LogP contribution in [0.3, 0.4) is 0 Å². The number of nitrogens with zero attached hydrogens (tertiary/aromatic N) is 2. The van der Waals surface area contributed by atoms with Crippen molar-refractivity contribution in [1.29, 1.82) is 5.26 Å². The quantitative estimate of drug-likeness (QED) is 0.922. The predicted octanol–water partition coefficient (Wildman–Crippen LogP) is 4.04. The van der Waals surface area contributed by atoms with Gasteiger partial charge in [0.2, 0.25) is 0 Å². The molecule has 0 saturated heterocycles. The van der Waals surface area contributed by atoms with Crippen LogP contribution < -0.4 is 5.32 Å². The second-order valence-electron chi connectivity index (χ2n) is 5.03. The van der Waals surface area contributed by atoms with Crippen LogP contribution in [0.4, 0.5) is 0 Å². The van der Waals surface area contributed by atoms with Gasteiger partial charge in [0, 0.05) is 17.0 Å². The molecule has 2 unspecified atom stereocenters. The van der Waals surface area contributed by atoms with Crippen molar-refractivity contribution in [1.82, 2.24) is 10.3 Å². The van der Waals surface area contributed by atoms with Crippen molar-refractivity contribution in [3.63, 3.8) is 0 Å². The highest BCUT2D eigenvalue weighted by Crippen LogP contribution is 2.27. The molecule has 0 radical (unpaired) electrons. The monoisotopic (exact) mass is 285 g/mol. The van der Waals surface area contributed by atoms with Crippen LogP contribution in [0.25, 0.3) is 0 Å². The number of nitriles is 1. The van der Waals surface area contributed by atoms with Crippen LogP contribution in [0.5, 0.6) is 0 Å². The number of benzene rings is 1. The number of nitrogens with one attached hydrogen (secondary N) is 1. The Morgan fingerprint density at radius 3 is 2.60 bits per heavy atom. The minimum absolute atomic E-state index is 0.195. The lowest BCUT2D eigenvalue weighted by molar-refractivity contribution is 0.498. The smallest absolute Gasteiger partial charge is 0.0991 e. The number of thiazole rings is 1. The van der Waals surface area contributed by atoms with Gasteiger partial charge in [-0.3, -0.25) is 0 Å². The molecule has 2 rings (SSSR count). The highest BCUT2D eigenvalue weighted by Gasteiger charge is 2.16. The molecule has 104 valence electrons. The zero-order valence-corrected chi connectivity index (χ0v) is 13.1. The van der Waals surface area contributed by atoms with E-state index in [1.54, 1.807) is 11.3 Å². The number of hydrogen-bond donors (Lipinski definition) is 1. The van der Waals surface area contributed by atoms with Gasteiger partial charge in [-0.25, -0.2) is 4.98 Å². The van der Waals surface area contributed by atoms with Crippen molar-refractivity contribution in [2.45, 2.75) is 39.8 Å². The second kappa shape index (κ2) is 6.17. The van der Waals surface area contributed by atoms with E-state index < -0.39 is 0 Å². The van der Waals surface area contributed by atoms with Gasteiger partial charge in [-0.1, -0.05) is 12.1 Å². The molecule has 0 spiro atoms. The van der Waals surface area contributed by atoms with Gasteiger partial charge in [0.25, 0.3) is 0 Å². The third-order valence-corrected chi connectivity index (χ3v) is 4.60. The molecule has 1 aromatic carbocycles. The first kappa shape index (κ1) is 14.7. The van der Waals surface area contributed by atoms with Gasteiger partial charge in [-0.05, 0) is 45.4 Å². The van der Waals surface area contributed by atoms with Crippen molar-refractivity contribution >= 4 is 11.3 Å². The summed E-state index contributed by atoms with van der Waals surface area (Å²) in [6.45, 7) is 8.37.